The monoisotopic (exact) mass is 208 g/mol. The van der Waals surface area contributed by atoms with Gasteiger partial charge in [-0.3, -0.25) is 0 Å². The van der Waals surface area contributed by atoms with E-state index < -0.39 is 0 Å². The van der Waals surface area contributed by atoms with Crippen LogP contribution in [0.3, 0.4) is 0 Å². The van der Waals surface area contributed by atoms with Gasteiger partial charge in [-0.15, -0.1) is 0 Å². The Morgan fingerprint density at radius 2 is 1.87 bits per heavy atom. The molecule has 0 aliphatic heterocycles. The van der Waals surface area contributed by atoms with Gasteiger partial charge in [-0.2, -0.15) is 0 Å². The maximum atomic E-state index is 5.61. The van der Waals surface area contributed by atoms with E-state index in [0.717, 1.165) is 18.6 Å². The van der Waals surface area contributed by atoms with E-state index in [4.69, 9.17) is 16.2 Å². The molecule has 1 aromatic carbocycles. The molecule has 0 heterocycles. The molecular formula is C12H20N2O. The zero-order valence-corrected chi connectivity index (χ0v) is 9.28. The van der Waals surface area contributed by atoms with Crippen molar-refractivity contribution in [3.05, 3.63) is 29.8 Å². The van der Waals surface area contributed by atoms with Crippen molar-refractivity contribution >= 4 is 0 Å². The van der Waals surface area contributed by atoms with E-state index >= 15 is 0 Å². The number of benzene rings is 1. The third-order valence-electron chi connectivity index (χ3n) is 2.68. The normalized spacial score (nSPS) is 10.7. The van der Waals surface area contributed by atoms with Crippen LogP contribution in [0.5, 0.6) is 5.75 Å². The number of aryl methyl sites for hydroxylation is 1. The average molecular weight is 208 g/mol. The van der Waals surface area contributed by atoms with Crippen LogP contribution in [0.15, 0.2) is 24.3 Å². The van der Waals surface area contributed by atoms with Gasteiger partial charge in [-0.25, -0.2) is 0 Å². The first-order chi connectivity index (χ1) is 7.31. The number of nitrogens with two attached hydrogens (primary N) is 2. The second-order valence-electron chi connectivity index (χ2n) is 3.69. The molecule has 1 aromatic rings. The zero-order valence-electron chi connectivity index (χ0n) is 9.28. The smallest absolute Gasteiger partial charge is 0.122 e. The van der Waals surface area contributed by atoms with E-state index in [-0.39, 0.29) is 0 Å². The van der Waals surface area contributed by atoms with Gasteiger partial charge in [0.25, 0.3) is 0 Å². The Hall–Kier alpha value is -1.06. The SMILES string of the molecule is COc1ccccc1CCC(CN)CN. The first-order valence-corrected chi connectivity index (χ1v) is 5.33. The zero-order chi connectivity index (χ0) is 11.1. The molecule has 0 bridgehead atoms. The van der Waals surface area contributed by atoms with E-state index in [1.165, 1.54) is 5.56 Å². The Morgan fingerprint density at radius 3 is 2.47 bits per heavy atom. The van der Waals surface area contributed by atoms with Gasteiger partial charge in [-0.1, -0.05) is 18.2 Å². The Bertz CT molecular complexity index is 285. The Balaban J connectivity index is 2.56. The molecule has 0 unspecified atom stereocenters. The summed E-state index contributed by atoms with van der Waals surface area (Å²) in [4.78, 5) is 0. The van der Waals surface area contributed by atoms with E-state index in [9.17, 15) is 0 Å². The van der Waals surface area contributed by atoms with Crippen molar-refractivity contribution in [3.63, 3.8) is 0 Å². The number of ether oxygens (including phenoxy) is 1. The molecule has 0 saturated heterocycles. The Labute approximate surface area is 91.4 Å². The summed E-state index contributed by atoms with van der Waals surface area (Å²) in [6.07, 6.45) is 2.00. The number of methoxy groups -OCH3 is 1. The lowest BCUT2D eigenvalue weighted by molar-refractivity contribution is 0.406. The largest absolute Gasteiger partial charge is 0.496 e. The summed E-state index contributed by atoms with van der Waals surface area (Å²) in [5, 5.41) is 0. The van der Waals surface area contributed by atoms with E-state index in [2.05, 4.69) is 6.07 Å². The molecule has 0 aliphatic rings. The molecule has 0 fully saturated rings. The summed E-state index contributed by atoms with van der Waals surface area (Å²) in [5.74, 6) is 1.36. The second kappa shape index (κ2) is 6.43. The van der Waals surface area contributed by atoms with Crippen molar-refractivity contribution in [2.45, 2.75) is 12.8 Å². The third-order valence-corrected chi connectivity index (χ3v) is 2.68. The van der Waals surface area contributed by atoms with Gasteiger partial charge >= 0.3 is 0 Å². The highest BCUT2D eigenvalue weighted by atomic mass is 16.5. The average Bonchev–Trinajstić information content (AvgIpc) is 2.31. The predicted molar refractivity (Wildman–Crippen MR) is 62.9 cm³/mol. The van der Waals surface area contributed by atoms with Crippen LogP contribution in [0.25, 0.3) is 0 Å². The molecule has 84 valence electrons. The molecular weight excluding hydrogens is 188 g/mol. The van der Waals surface area contributed by atoms with E-state index in [1.807, 2.05) is 18.2 Å². The lowest BCUT2D eigenvalue weighted by Gasteiger charge is -2.13. The molecule has 0 atom stereocenters. The summed E-state index contributed by atoms with van der Waals surface area (Å²) in [7, 11) is 1.70. The van der Waals surface area contributed by atoms with Crippen molar-refractivity contribution in [2.75, 3.05) is 20.2 Å². The molecule has 0 radical (unpaired) electrons. The first kappa shape index (κ1) is 12.0. The van der Waals surface area contributed by atoms with Gasteiger partial charge in [0.05, 0.1) is 7.11 Å². The molecule has 3 nitrogen and oxygen atoms in total. The Kier molecular flexibility index (Phi) is 5.15. The third kappa shape index (κ3) is 3.53. The lowest BCUT2D eigenvalue weighted by atomic mass is 9.99. The van der Waals surface area contributed by atoms with E-state index in [1.54, 1.807) is 7.11 Å². The lowest BCUT2D eigenvalue weighted by Crippen LogP contribution is -2.23. The van der Waals surface area contributed by atoms with Crippen LogP contribution in [0, 0.1) is 5.92 Å². The van der Waals surface area contributed by atoms with Gasteiger partial charge in [0.15, 0.2) is 0 Å². The van der Waals surface area contributed by atoms with Crippen molar-refractivity contribution in [2.24, 2.45) is 17.4 Å². The maximum absolute atomic E-state index is 5.61. The molecule has 0 aromatic heterocycles. The molecule has 4 N–H and O–H groups in total. The van der Waals surface area contributed by atoms with Crippen LogP contribution in [-0.2, 0) is 6.42 Å². The molecule has 15 heavy (non-hydrogen) atoms. The molecule has 0 saturated carbocycles. The summed E-state index contributed by atoms with van der Waals surface area (Å²) < 4.78 is 5.28. The first-order valence-electron chi connectivity index (χ1n) is 5.33. The van der Waals surface area contributed by atoms with Crippen LogP contribution in [-0.4, -0.2) is 20.2 Å². The van der Waals surface area contributed by atoms with Crippen molar-refractivity contribution < 1.29 is 4.74 Å². The van der Waals surface area contributed by atoms with Crippen molar-refractivity contribution in [1.29, 1.82) is 0 Å². The minimum atomic E-state index is 0.412. The number of hydrogen-bond donors (Lipinski definition) is 2. The molecule has 0 aliphatic carbocycles. The van der Waals surface area contributed by atoms with Gasteiger partial charge in [0, 0.05) is 0 Å². The summed E-state index contributed by atoms with van der Waals surface area (Å²) in [6.45, 7) is 1.32. The quantitative estimate of drug-likeness (QED) is 0.737. The molecule has 0 amide bonds. The highest BCUT2D eigenvalue weighted by molar-refractivity contribution is 5.33. The second-order valence-corrected chi connectivity index (χ2v) is 3.69. The van der Waals surface area contributed by atoms with Crippen molar-refractivity contribution in [3.8, 4) is 5.75 Å². The minimum absolute atomic E-state index is 0.412. The number of para-hydroxylation sites is 1. The van der Waals surface area contributed by atoms with Crippen molar-refractivity contribution in [1.82, 2.24) is 0 Å². The molecule has 0 spiro atoms. The maximum Gasteiger partial charge on any atom is 0.122 e. The highest BCUT2D eigenvalue weighted by Crippen LogP contribution is 2.20. The Morgan fingerprint density at radius 1 is 1.20 bits per heavy atom. The van der Waals surface area contributed by atoms with Gasteiger partial charge in [0.1, 0.15) is 5.75 Å². The standard InChI is InChI=1S/C12H20N2O/c1-15-12-5-3-2-4-11(12)7-6-10(8-13)9-14/h2-5,10H,6-9,13-14H2,1H3. The summed E-state index contributed by atoms with van der Waals surface area (Å²) >= 11 is 0. The summed E-state index contributed by atoms with van der Waals surface area (Å²) in [6, 6.07) is 8.07. The molecule has 1 rings (SSSR count). The van der Waals surface area contributed by atoms with Crippen LogP contribution in [0.1, 0.15) is 12.0 Å². The predicted octanol–water partition coefficient (Wildman–Crippen LogP) is 1.16. The van der Waals surface area contributed by atoms with Gasteiger partial charge in [0.2, 0.25) is 0 Å². The van der Waals surface area contributed by atoms with Crippen LogP contribution < -0.4 is 16.2 Å². The van der Waals surface area contributed by atoms with Gasteiger partial charge in [-0.05, 0) is 43.5 Å². The van der Waals surface area contributed by atoms with Crippen LogP contribution in [0.2, 0.25) is 0 Å². The number of hydrogen-bond acceptors (Lipinski definition) is 3. The van der Waals surface area contributed by atoms with E-state index in [0.29, 0.717) is 19.0 Å². The topological polar surface area (TPSA) is 61.3 Å². The van der Waals surface area contributed by atoms with Crippen LogP contribution in [0.4, 0.5) is 0 Å². The molecule has 3 heteroatoms. The van der Waals surface area contributed by atoms with Crippen LogP contribution >= 0.6 is 0 Å². The number of rotatable bonds is 6. The highest BCUT2D eigenvalue weighted by Gasteiger charge is 2.07. The van der Waals surface area contributed by atoms with Gasteiger partial charge < -0.3 is 16.2 Å². The summed E-state index contributed by atoms with van der Waals surface area (Å²) in [5.41, 5.74) is 12.4. The minimum Gasteiger partial charge on any atom is -0.496 e. The fraction of sp³-hybridized carbons (Fsp3) is 0.500. The fourth-order valence-electron chi connectivity index (χ4n) is 1.60. The fourth-order valence-corrected chi connectivity index (χ4v) is 1.60.